The molecule has 28 heavy (non-hydrogen) atoms. The number of nitrogens with one attached hydrogen (secondary N) is 2. The zero-order valence-corrected chi connectivity index (χ0v) is 17.1. The molecule has 0 atom stereocenters. The summed E-state index contributed by atoms with van der Waals surface area (Å²) in [7, 11) is -7.76. The van der Waals surface area contributed by atoms with Gasteiger partial charge in [-0.2, -0.15) is 0 Å². The lowest BCUT2D eigenvalue weighted by atomic mass is 10.2. The first kappa shape index (κ1) is 20.2. The molecule has 0 aliphatic heterocycles. The largest absolute Gasteiger partial charge is 0.280 e. The van der Waals surface area contributed by atoms with Gasteiger partial charge in [0.2, 0.25) is 0 Å². The van der Waals surface area contributed by atoms with Gasteiger partial charge in [-0.05, 0) is 61.0 Å². The standard InChI is InChI=1S/C19H17ClN2O4S2/c1-14-7-12-18(28(25,26)21-16-10-8-15(20)9-11-16)13-19(14)22-27(23,24)17-5-3-2-4-6-17/h2-13,21-22H,1H3. The molecular formula is C19H17ClN2O4S2. The van der Waals surface area contributed by atoms with E-state index in [2.05, 4.69) is 9.44 Å². The molecule has 0 amide bonds. The Morgan fingerprint density at radius 1 is 0.714 bits per heavy atom. The van der Waals surface area contributed by atoms with E-state index in [9.17, 15) is 16.8 Å². The van der Waals surface area contributed by atoms with Gasteiger partial charge in [-0.25, -0.2) is 16.8 Å². The van der Waals surface area contributed by atoms with Gasteiger partial charge in [-0.1, -0.05) is 35.9 Å². The first-order valence-electron chi connectivity index (χ1n) is 8.14. The summed E-state index contributed by atoms with van der Waals surface area (Å²) in [5, 5.41) is 0.482. The Morgan fingerprint density at radius 2 is 1.32 bits per heavy atom. The van der Waals surface area contributed by atoms with E-state index >= 15 is 0 Å². The van der Waals surface area contributed by atoms with Crippen molar-refractivity contribution in [3.63, 3.8) is 0 Å². The Morgan fingerprint density at radius 3 is 1.96 bits per heavy atom. The molecule has 9 heteroatoms. The minimum atomic E-state index is -3.91. The molecule has 0 aliphatic carbocycles. The molecule has 0 spiro atoms. The van der Waals surface area contributed by atoms with Crippen LogP contribution in [0.3, 0.4) is 0 Å². The predicted molar refractivity (Wildman–Crippen MR) is 111 cm³/mol. The van der Waals surface area contributed by atoms with Crippen molar-refractivity contribution < 1.29 is 16.8 Å². The normalized spacial score (nSPS) is 11.8. The van der Waals surface area contributed by atoms with Gasteiger partial charge in [0.05, 0.1) is 15.5 Å². The van der Waals surface area contributed by atoms with Gasteiger partial charge in [-0.15, -0.1) is 0 Å². The maximum absolute atomic E-state index is 12.7. The summed E-state index contributed by atoms with van der Waals surface area (Å²) in [5.74, 6) is 0. The molecule has 0 aromatic heterocycles. The average Bonchev–Trinajstić information content (AvgIpc) is 2.66. The third-order valence-electron chi connectivity index (χ3n) is 3.91. The van der Waals surface area contributed by atoms with Crippen LogP contribution in [0, 0.1) is 6.92 Å². The highest BCUT2D eigenvalue weighted by atomic mass is 35.5. The minimum Gasteiger partial charge on any atom is -0.280 e. The van der Waals surface area contributed by atoms with E-state index in [1.54, 1.807) is 43.3 Å². The number of anilines is 2. The van der Waals surface area contributed by atoms with E-state index in [-0.39, 0.29) is 15.5 Å². The molecule has 0 radical (unpaired) electrons. The molecule has 3 aromatic carbocycles. The molecule has 146 valence electrons. The van der Waals surface area contributed by atoms with E-state index < -0.39 is 20.0 Å². The first-order chi connectivity index (χ1) is 13.2. The molecule has 0 heterocycles. The van der Waals surface area contributed by atoms with Crippen LogP contribution in [-0.2, 0) is 20.0 Å². The highest BCUT2D eigenvalue weighted by Gasteiger charge is 2.19. The quantitative estimate of drug-likeness (QED) is 0.604. The topological polar surface area (TPSA) is 92.3 Å². The summed E-state index contributed by atoms with van der Waals surface area (Å²) < 4.78 is 55.3. The van der Waals surface area contributed by atoms with Crippen LogP contribution in [0.25, 0.3) is 0 Å². The third-order valence-corrected chi connectivity index (χ3v) is 6.93. The van der Waals surface area contributed by atoms with Crippen molar-refractivity contribution in [2.24, 2.45) is 0 Å². The molecule has 0 unspecified atom stereocenters. The van der Waals surface area contributed by atoms with E-state index in [0.717, 1.165) is 0 Å². The lowest BCUT2D eigenvalue weighted by molar-refractivity contribution is 0.598. The van der Waals surface area contributed by atoms with E-state index in [0.29, 0.717) is 16.3 Å². The van der Waals surface area contributed by atoms with E-state index in [4.69, 9.17) is 11.6 Å². The molecule has 6 nitrogen and oxygen atoms in total. The maximum Gasteiger partial charge on any atom is 0.261 e. The number of aryl methyl sites for hydroxylation is 1. The van der Waals surface area contributed by atoms with Crippen LogP contribution in [0.4, 0.5) is 11.4 Å². The number of hydrogen-bond acceptors (Lipinski definition) is 4. The SMILES string of the molecule is Cc1ccc(S(=O)(=O)Nc2ccc(Cl)cc2)cc1NS(=O)(=O)c1ccccc1. The van der Waals surface area contributed by atoms with Crippen molar-refractivity contribution in [3.8, 4) is 0 Å². The van der Waals surface area contributed by atoms with E-state index in [1.165, 1.54) is 36.4 Å². The van der Waals surface area contributed by atoms with Crippen molar-refractivity contribution in [3.05, 3.63) is 83.4 Å². The smallest absolute Gasteiger partial charge is 0.261 e. The summed E-state index contributed by atoms with van der Waals surface area (Å²) >= 11 is 5.81. The second kappa shape index (κ2) is 7.83. The Hall–Kier alpha value is -2.55. The zero-order chi connectivity index (χ0) is 20.4. The van der Waals surface area contributed by atoms with Crippen LogP contribution < -0.4 is 9.44 Å². The summed E-state index contributed by atoms with van der Waals surface area (Å²) in [6.45, 7) is 1.69. The Labute approximate surface area is 169 Å². The van der Waals surface area contributed by atoms with Gasteiger partial charge in [-0.3, -0.25) is 9.44 Å². The first-order valence-corrected chi connectivity index (χ1v) is 11.5. The summed E-state index contributed by atoms with van der Waals surface area (Å²) in [6, 6.07) is 18.3. The Kier molecular flexibility index (Phi) is 5.64. The van der Waals surface area contributed by atoms with Crippen LogP contribution in [0.2, 0.25) is 5.02 Å². The predicted octanol–water partition coefficient (Wildman–Crippen LogP) is 4.25. The molecule has 0 saturated carbocycles. The number of rotatable bonds is 6. The number of halogens is 1. The second-order valence-electron chi connectivity index (χ2n) is 6.01. The van der Waals surface area contributed by atoms with Crippen molar-refractivity contribution >= 4 is 43.0 Å². The summed E-state index contributed by atoms with van der Waals surface area (Å²) in [5.41, 5.74) is 1.11. The van der Waals surface area contributed by atoms with Crippen molar-refractivity contribution in [2.75, 3.05) is 9.44 Å². The van der Waals surface area contributed by atoms with Gasteiger partial charge in [0.1, 0.15) is 0 Å². The van der Waals surface area contributed by atoms with E-state index in [1.807, 2.05) is 0 Å². The van der Waals surface area contributed by atoms with Crippen molar-refractivity contribution in [1.82, 2.24) is 0 Å². The van der Waals surface area contributed by atoms with Crippen LogP contribution in [-0.4, -0.2) is 16.8 Å². The molecule has 0 saturated heterocycles. The molecule has 2 N–H and O–H groups in total. The van der Waals surface area contributed by atoms with Crippen LogP contribution in [0.15, 0.2) is 82.6 Å². The van der Waals surface area contributed by atoms with Gasteiger partial charge >= 0.3 is 0 Å². The molecule has 0 fully saturated rings. The average molecular weight is 437 g/mol. The van der Waals surface area contributed by atoms with Gasteiger partial charge in [0, 0.05) is 10.7 Å². The third kappa shape index (κ3) is 4.64. The fourth-order valence-electron chi connectivity index (χ4n) is 2.41. The van der Waals surface area contributed by atoms with Gasteiger partial charge < -0.3 is 0 Å². The molecule has 0 bridgehead atoms. The zero-order valence-electron chi connectivity index (χ0n) is 14.8. The van der Waals surface area contributed by atoms with Gasteiger partial charge in [0.15, 0.2) is 0 Å². The number of hydrogen-bond donors (Lipinski definition) is 2. The molecular weight excluding hydrogens is 420 g/mol. The van der Waals surface area contributed by atoms with Crippen molar-refractivity contribution in [2.45, 2.75) is 16.7 Å². The molecule has 0 aliphatic rings. The van der Waals surface area contributed by atoms with Crippen LogP contribution >= 0.6 is 11.6 Å². The lowest BCUT2D eigenvalue weighted by Crippen LogP contribution is -2.16. The molecule has 3 rings (SSSR count). The fourth-order valence-corrected chi connectivity index (χ4v) is 4.77. The lowest BCUT2D eigenvalue weighted by Gasteiger charge is -2.13. The number of sulfonamides is 2. The summed E-state index contributed by atoms with van der Waals surface area (Å²) in [6.07, 6.45) is 0. The summed E-state index contributed by atoms with van der Waals surface area (Å²) in [4.78, 5) is 0.0146. The highest BCUT2D eigenvalue weighted by molar-refractivity contribution is 7.93. The van der Waals surface area contributed by atoms with Crippen LogP contribution in [0.1, 0.15) is 5.56 Å². The Bertz CT molecular complexity index is 1190. The molecule has 3 aromatic rings. The Balaban J connectivity index is 1.91. The maximum atomic E-state index is 12.7. The minimum absolute atomic E-state index is 0.0705. The van der Waals surface area contributed by atoms with Crippen molar-refractivity contribution in [1.29, 1.82) is 0 Å². The van der Waals surface area contributed by atoms with Crippen LogP contribution in [0.5, 0.6) is 0 Å². The van der Waals surface area contributed by atoms with Gasteiger partial charge in [0.25, 0.3) is 20.0 Å². The fraction of sp³-hybridized carbons (Fsp3) is 0.0526. The highest BCUT2D eigenvalue weighted by Crippen LogP contribution is 2.25. The monoisotopic (exact) mass is 436 g/mol. The number of benzene rings is 3. The second-order valence-corrected chi connectivity index (χ2v) is 9.81.